The Morgan fingerprint density at radius 1 is 1.00 bits per heavy atom. The molecule has 0 spiro atoms. The van der Waals surface area contributed by atoms with E-state index in [2.05, 4.69) is 71.7 Å². The molecule has 0 fully saturated rings. The fourth-order valence-corrected chi connectivity index (χ4v) is 2.68. The summed E-state index contributed by atoms with van der Waals surface area (Å²) in [4.78, 5) is 0. The molecule has 0 unspecified atom stereocenters. The third-order valence-electron chi connectivity index (χ3n) is 0.738. The fraction of sp³-hybridized carbons (Fsp3) is 1.00. The van der Waals surface area contributed by atoms with Crippen molar-refractivity contribution in [2.24, 2.45) is 0 Å². The van der Waals surface area contributed by atoms with Crippen molar-refractivity contribution < 1.29 is 0 Å². The van der Waals surface area contributed by atoms with Crippen molar-refractivity contribution in [3.05, 3.63) is 0 Å². The Morgan fingerprint density at radius 3 is 1.20 bits per heavy atom. The van der Waals surface area contributed by atoms with Crippen LogP contribution < -0.4 is 0 Å². The van der Waals surface area contributed by atoms with E-state index in [-0.39, 0.29) is 0 Å². The molecule has 0 aromatic heterocycles. The van der Waals surface area contributed by atoms with Crippen molar-refractivity contribution >= 4 is 72.2 Å². The van der Waals surface area contributed by atoms with Crippen molar-refractivity contribution in [1.82, 2.24) is 6.24 Å². The van der Waals surface area contributed by atoms with Crippen LogP contribution in [0.15, 0.2) is 0 Å². The van der Waals surface area contributed by atoms with Gasteiger partial charge < -0.3 is 0 Å². The SMILES string of the molecule is C[N](C)[Sn-]([I])[N](C)C.[Sn+][I]. The van der Waals surface area contributed by atoms with Crippen molar-refractivity contribution in [3.63, 3.8) is 0 Å². The Kier molecular flexibility index (Phi) is 15.5. The van der Waals surface area contributed by atoms with Crippen molar-refractivity contribution in [2.75, 3.05) is 28.2 Å². The maximum atomic E-state index is 2.57. The Labute approximate surface area is 104 Å². The minimum atomic E-state index is -1.22. The number of rotatable bonds is 2. The van der Waals surface area contributed by atoms with Crippen LogP contribution in [0.3, 0.4) is 0 Å². The van der Waals surface area contributed by atoms with E-state index in [1.54, 1.807) is 0 Å². The molecule has 0 atom stereocenters. The molecule has 0 aliphatic carbocycles. The molecule has 0 N–H and O–H groups in total. The summed E-state index contributed by atoms with van der Waals surface area (Å²) in [5, 5.41) is 0. The van der Waals surface area contributed by atoms with Gasteiger partial charge in [-0.25, -0.2) is 0 Å². The zero-order valence-corrected chi connectivity index (χ0v) is 16.7. The van der Waals surface area contributed by atoms with Gasteiger partial charge in [0.1, 0.15) is 0 Å². The third-order valence-corrected chi connectivity index (χ3v) is 17.9. The van der Waals surface area contributed by atoms with Crippen LogP contribution in [-0.2, 0) is 0 Å². The Hall–Kier alpha value is 2.98. The van der Waals surface area contributed by atoms with Gasteiger partial charge in [0.15, 0.2) is 0 Å². The standard InChI is InChI=1S/2C2H6N.2HI.2Sn/c2*1-3-2;;;;/h2*1-2H3;2*1H;;/q2*-1;;;2*+2/p-2. The van der Waals surface area contributed by atoms with E-state index in [1.165, 1.54) is 18.6 Å². The van der Waals surface area contributed by atoms with Gasteiger partial charge in [0.2, 0.25) is 0 Å². The van der Waals surface area contributed by atoms with E-state index in [4.69, 9.17) is 0 Å². The average molecular weight is 579 g/mol. The minimum absolute atomic E-state index is 1.22. The molecular formula is C4H12I2N2Sn2. The first-order chi connectivity index (χ1) is 4.55. The molecule has 0 aliphatic rings. The first kappa shape index (κ1) is 15.4. The number of nitrogens with zero attached hydrogens (tertiary/aromatic N) is 2. The van der Waals surface area contributed by atoms with Crippen LogP contribution in [0.4, 0.5) is 0 Å². The molecule has 2 nitrogen and oxygen atoms in total. The van der Waals surface area contributed by atoms with E-state index < -0.39 is 16.3 Å². The van der Waals surface area contributed by atoms with Gasteiger partial charge in [0.25, 0.3) is 0 Å². The molecule has 0 aromatic rings. The molecule has 0 saturated heterocycles. The second-order valence-electron chi connectivity index (χ2n) is 2.06. The first-order valence-electron chi connectivity index (χ1n) is 2.61. The third kappa shape index (κ3) is 9.07. The van der Waals surface area contributed by atoms with Gasteiger partial charge in [0.05, 0.1) is 0 Å². The predicted molar refractivity (Wildman–Crippen MR) is 66.9 cm³/mol. The van der Waals surface area contributed by atoms with E-state index >= 15 is 0 Å². The molecule has 6 heteroatoms. The van der Waals surface area contributed by atoms with E-state index in [9.17, 15) is 0 Å². The van der Waals surface area contributed by atoms with Crippen LogP contribution in [0.5, 0.6) is 0 Å². The molecular weight excluding hydrogens is 567 g/mol. The van der Waals surface area contributed by atoms with Gasteiger partial charge in [-0.2, -0.15) is 0 Å². The molecule has 2 radical (unpaired) electrons. The summed E-state index contributed by atoms with van der Waals surface area (Å²) in [7, 11) is 8.62. The van der Waals surface area contributed by atoms with Crippen LogP contribution in [0, 0.1) is 0 Å². The van der Waals surface area contributed by atoms with Gasteiger partial charge in [0, 0.05) is 0 Å². The molecule has 0 aliphatic heterocycles. The molecule has 60 valence electrons. The topological polar surface area (TPSA) is 6.48 Å². The van der Waals surface area contributed by atoms with E-state index in [0.29, 0.717) is 0 Å². The quantitative estimate of drug-likeness (QED) is 0.357. The van der Waals surface area contributed by atoms with Crippen LogP contribution in [0.25, 0.3) is 0 Å². The zero-order valence-electron chi connectivity index (χ0n) is 6.65. The van der Waals surface area contributed by atoms with Crippen LogP contribution in [0.2, 0.25) is 0 Å². The molecule has 0 aromatic carbocycles. The van der Waals surface area contributed by atoms with E-state index in [0.717, 1.165) is 0 Å². The summed E-state index contributed by atoms with van der Waals surface area (Å²) < 4.78 is 4.70. The summed E-state index contributed by atoms with van der Waals surface area (Å²) in [5.74, 6) is 0. The van der Waals surface area contributed by atoms with Crippen LogP contribution >= 0.6 is 37.3 Å². The summed E-state index contributed by atoms with van der Waals surface area (Å²) in [6, 6.07) is 0. The summed E-state index contributed by atoms with van der Waals surface area (Å²) in [6.07, 6.45) is 0. The fourth-order valence-electron chi connectivity index (χ4n) is 0.400. The normalized spacial score (nSPS) is 10.1. The number of hydrogen-bond donors (Lipinski definition) is 0. The Bertz CT molecular complexity index is 64.3. The van der Waals surface area contributed by atoms with Gasteiger partial charge >= 0.3 is 107 Å². The second kappa shape index (κ2) is 10.1. The zero-order chi connectivity index (χ0) is 8.73. The van der Waals surface area contributed by atoms with E-state index in [1.807, 2.05) is 0 Å². The Morgan fingerprint density at radius 2 is 1.20 bits per heavy atom. The predicted octanol–water partition coefficient (Wildman–Crippen LogP) is 1.03. The molecule has 0 bridgehead atoms. The summed E-state index contributed by atoms with van der Waals surface area (Å²) >= 11 is 5.11. The first-order valence-corrected chi connectivity index (χ1v) is 21.8. The monoisotopic (exact) mass is 582 g/mol. The molecule has 0 saturated carbocycles. The van der Waals surface area contributed by atoms with Gasteiger partial charge in [-0.15, -0.1) is 0 Å². The molecule has 0 amide bonds. The van der Waals surface area contributed by atoms with Gasteiger partial charge in [-0.1, -0.05) is 0 Å². The summed E-state index contributed by atoms with van der Waals surface area (Å²) in [6.45, 7) is 0. The number of hydrogen-bond acceptors (Lipinski definition) is 2. The Balaban J connectivity index is 0. The number of halogens is 2. The van der Waals surface area contributed by atoms with Crippen molar-refractivity contribution in [1.29, 1.82) is 0 Å². The van der Waals surface area contributed by atoms with Crippen LogP contribution in [-0.4, -0.2) is 69.3 Å². The van der Waals surface area contributed by atoms with Gasteiger partial charge in [-0.3, -0.25) is 0 Å². The molecule has 0 rings (SSSR count). The van der Waals surface area contributed by atoms with Crippen molar-refractivity contribution in [3.8, 4) is 0 Å². The molecule has 0 heterocycles. The second-order valence-corrected chi connectivity index (χ2v) is 15.2. The van der Waals surface area contributed by atoms with Gasteiger partial charge in [-0.05, 0) is 0 Å². The average Bonchev–Trinajstić information content (AvgIpc) is 1.90. The van der Waals surface area contributed by atoms with Crippen LogP contribution in [0.1, 0.15) is 0 Å². The molecule has 10 heavy (non-hydrogen) atoms. The summed E-state index contributed by atoms with van der Waals surface area (Å²) in [5.41, 5.74) is 0. The van der Waals surface area contributed by atoms with Crippen molar-refractivity contribution in [2.45, 2.75) is 0 Å². The maximum absolute atomic E-state index is 2.57.